The summed E-state index contributed by atoms with van der Waals surface area (Å²) in [6.45, 7) is 0.405. The molecule has 1 aliphatic rings. The van der Waals surface area contributed by atoms with Gasteiger partial charge in [-0.2, -0.15) is 0 Å². The van der Waals surface area contributed by atoms with Gasteiger partial charge in [-0.3, -0.25) is 4.39 Å². The van der Waals surface area contributed by atoms with E-state index in [1.165, 1.54) is 0 Å². The first kappa shape index (κ1) is 14.2. The van der Waals surface area contributed by atoms with Crippen molar-refractivity contribution in [2.24, 2.45) is 5.92 Å². The monoisotopic (exact) mass is 306 g/mol. The average Bonchev–Trinajstić information content (AvgIpc) is 3.16. The molecular formula is C15H15FN2O2S. The number of hydrogen-bond acceptors (Lipinski definition) is 4. The first-order valence-electron chi connectivity index (χ1n) is 6.76. The molecule has 1 aromatic carbocycles. The lowest BCUT2D eigenvalue weighted by molar-refractivity contribution is 0.0697. The Kier molecular flexibility index (Phi) is 3.98. The van der Waals surface area contributed by atoms with E-state index < -0.39 is 5.97 Å². The van der Waals surface area contributed by atoms with Gasteiger partial charge in [-0.15, -0.1) is 11.3 Å². The van der Waals surface area contributed by atoms with Gasteiger partial charge in [0.2, 0.25) is 0 Å². The van der Waals surface area contributed by atoms with E-state index in [9.17, 15) is 9.18 Å². The topological polar surface area (TPSA) is 62.2 Å². The fourth-order valence-electron chi connectivity index (χ4n) is 2.48. The summed E-state index contributed by atoms with van der Waals surface area (Å²) in [6, 6.07) is 6.79. The second-order valence-corrected chi connectivity index (χ2v) is 6.06. The fraction of sp³-hybridized carbons (Fsp3) is 0.333. The first-order chi connectivity index (χ1) is 10.2. The molecular weight excluding hydrogens is 291 g/mol. The second-order valence-electron chi connectivity index (χ2n) is 5.17. The van der Waals surface area contributed by atoms with Crippen LogP contribution in [0, 0.1) is 5.92 Å². The van der Waals surface area contributed by atoms with E-state index in [1.807, 2.05) is 5.38 Å². The van der Waals surface area contributed by atoms with Crippen molar-refractivity contribution in [3.05, 3.63) is 40.2 Å². The van der Waals surface area contributed by atoms with Gasteiger partial charge in [-0.05, 0) is 18.6 Å². The van der Waals surface area contributed by atoms with Crippen molar-refractivity contribution in [1.82, 2.24) is 10.3 Å². The van der Waals surface area contributed by atoms with Crippen molar-refractivity contribution in [2.45, 2.75) is 12.5 Å². The zero-order chi connectivity index (χ0) is 14.8. The normalized spacial score (nSPS) is 21.6. The van der Waals surface area contributed by atoms with Crippen LogP contribution in [0.1, 0.15) is 27.8 Å². The summed E-state index contributed by atoms with van der Waals surface area (Å²) in [5.41, 5.74) is 1.98. The molecule has 110 valence electrons. The smallest absolute Gasteiger partial charge is 0.335 e. The van der Waals surface area contributed by atoms with Gasteiger partial charge in [0.15, 0.2) is 0 Å². The summed E-state index contributed by atoms with van der Waals surface area (Å²) < 4.78 is 12.7. The van der Waals surface area contributed by atoms with Gasteiger partial charge in [0.25, 0.3) is 0 Å². The molecule has 0 spiro atoms. The molecule has 3 rings (SSSR count). The lowest BCUT2D eigenvalue weighted by atomic mass is 10.1. The number of aromatic nitrogens is 1. The van der Waals surface area contributed by atoms with Crippen LogP contribution in [0.4, 0.5) is 4.39 Å². The molecule has 2 unspecified atom stereocenters. The summed E-state index contributed by atoms with van der Waals surface area (Å²) in [5.74, 6) is -0.856. The van der Waals surface area contributed by atoms with Crippen LogP contribution in [0.15, 0.2) is 29.6 Å². The number of carbonyl (C=O) groups is 1. The number of thiazole rings is 1. The fourth-order valence-corrected chi connectivity index (χ4v) is 3.39. The van der Waals surface area contributed by atoms with Crippen LogP contribution >= 0.6 is 11.3 Å². The van der Waals surface area contributed by atoms with Crippen molar-refractivity contribution in [3.8, 4) is 11.3 Å². The van der Waals surface area contributed by atoms with E-state index in [2.05, 4.69) is 10.3 Å². The predicted molar refractivity (Wildman–Crippen MR) is 79.3 cm³/mol. The van der Waals surface area contributed by atoms with E-state index in [0.717, 1.165) is 22.7 Å². The number of alkyl halides is 1. The molecule has 1 aliphatic heterocycles. The standard InChI is InChI=1S/C15H15FN2O2S/c16-6-9-5-12(17-7-9)14-18-13(8-21-14)10-1-3-11(4-2-10)15(19)20/h1-4,8-9,12,17H,5-7H2,(H,19,20). The number of nitrogens with zero attached hydrogens (tertiary/aromatic N) is 1. The highest BCUT2D eigenvalue weighted by atomic mass is 32.1. The molecule has 21 heavy (non-hydrogen) atoms. The minimum Gasteiger partial charge on any atom is -0.478 e. The summed E-state index contributed by atoms with van der Waals surface area (Å²) >= 11 is 1.55. The Morgan fingerprint density at radius 1 is 1.43 bits per heavy atom. The third-order valence-electron chi connectivity index (χ3n) is 3.69. The molecule has 1 aromatic heterocycles. The zero-order valence-corrected chi connectivity index (χ0v) is 12.1. The highest BCUT2D eigenvalue weighted by molar-refractivity contribution is 7.10. The van der Waals surface area contributed by atoms with Crippen molar-refractivity contribution < 1.29 is 14.3 Å². The number of hydrogen-bond donors (Lipinski definition) is 2. The number of aromatic carboxylic acids is 1. The van der Waals surface area contributed by atoms with Crippen molar-refractivity contribution in [1.29, 1.82) is 0 Å². The molecule has 6 heteroatoms. The van der Waals surface area contributed by atoms with Crippen LogP contribution in [-0.4, -0.2) is 29.3 Å². The third kappa shape index (κ3) is 2.96. The minimum atomic E-state index is -0.937. The Labute approximate surface area is 125 Å². The van der Waals surface area contributed by atoms with Gasteiger partial charge in [0.05, 0.1) is 24.0 Å². The van der Waals surface area contributed by atoms with E-state index in [0.29, 0.717) is 6.54 Å². The lowest BCUT2D eigenvalue weighted by Gasteiger charge is -2.05. The summed E-state index contributed by atoms with van der Waals surface area (Å²) in [5, 5.41) is 15.1. The van der Waals surface area contributed by atoms with Crippen molar-refractivity contribution in [3.63, 3.8) is 0 Å². The Hall–Kier alpha value is -1.79. The predicted octanol–water partition coefficient (Wildman–Crippen LogP) is 3.13. The Morgan fingerprint density at radius 2 is 2.19 bits per heavy atom. The minimum absolute atomic E-state index is 0.0807. The second kappa shape index (κ2) is 5.91. The molecule has 0 radical (unpaired) electrons. The molecule has 0 bridgehead atoms. The number of benzene rings is 1. The molecule has 1 saturated heterocycles. The Balaban J connectivity index is 1.77. The average molecular weight is 306 g/mol. The van der Waals surface area contributed by atoms with Crippen LogP contribution in [0.3, 0.4) is 0 Å². The van der Waals surface area contributed by atoms with E-state index in [-0.39, 0.29) is 24.2 Å². The van der Waals surface area contributed by atoms with Gasteiger partial charge in [-0.25, -0.2) is 9.78 Å². The number of nitrogens with one attached hydrogen (secondary N) is 1. The maximum absolute atomic E-state index is 12.7. The van der Waals surface area contributed by atoms with Crippen LogP contribution in [0.5, 0.6) is 0 Å². The quantitative estimate of drug-likeness (QED) is 0.911. The highest BCUT2D eigenvalue weighted by Crippen LogP contribution is 2.32. The SMILES string of the molecule is O=C(O)c1ccc(-c2csc(C3CC(CF)CN3)n2)cc1. The van der Waals surface area contributed by atoms with E-state index >= 15 is 0 Å². The number of rotatable bonds is 4. The van der Waals surface area contributed by atoms with E-state index in [1.54, 1.807) is 35.6 Å². The summed E-state index contributed by atoms with van der Waals surface area (Å²) in [7, 11) is 0. The van der Waals surface area contributed by atoms with E-state index in [4.69, 9.17) is 5.11 Å². The summed E-state index contributed by atoms with van der Waals surface area (Å²) in [6.07, 6.45) is 0.779. The number of carboxylic acids is 1. The molecule has 0 aliphatic carbocycles. The number of carboxylic acid groups (broad SMARTS) is 1. The third-order valence-corrected chi connectivity index (χ3v) is 4.65. The maximum Gasteiger partial charge on any atom is 0.335 e. The first-order valence-corrected chi connectivity index (χ1v) is 7.64. The molecule has 2 aromatic rings. The van der Waals surface area contributed by atoms with Crippen LogP contribution in [-0.2, 0) is 0 Å². The molecule has 4 nitrogen and oxygen atoms in total. The van der Waals surface area contributed by atoms with Gasteiger partial charge >= 0.3 is 5.97 Å². The molecule has 1 fully saturated rings. The Morgan fingerprint density at radius 3 is 2.81 bits per heavy atom. The van der Waals surface area contributed by atoms with Gasteiger partial charge in [0.1, 0.15) is 5.01 Å². The van der Waals surface area contributed by atoms with Crippen LogP contribution < -0.4 is 5.32 Å². The van der Waals surface area contributed by atoms with Gasteiger partial charge in [-0.1, -0.05) is 12.1 Å². The molecule has 2 atom stereocenters. The number of halogens is 1. The van der Waals surface area contributed by atoms with Crippen molar-refractivity contribution in [2.75, 3.05) is 13.2 Å². The van der Waals surface area contributed by atoms with Gasteiger partial charge < -0.3 is 10.4 Å². The molecule has 0 amide bonds. The Bertz CT molecular complexity index is 641. The maximum atomic E-state index is 12.7. The zero-order valence-electron chi connectivity index (χ0n) is 11.3. The van der Waals surface area contributed by atoms with Crippen LogP contribution in [0.25, 0.3) is 11.3 Å². The van der Waals surface area contributed by atoms with Crippen molar-refractivity contribution >= 4 is 17.3 Å². The molecule has 0 saturated carbocycles. The van der Waals surface area contributed by atoms with Gasteiger partial charge in [0, 0.05) is 23.4 Å². The highest BCUT2D eigenvalue weighted by Gasteiger charge is 2.27. The molecule has 2 N–H and O–H groups in total. The van der Waals surface area contributed by atoms with Crippen LogP contribution in [0.2, 0.25) is 0 Å². The molecule has 2 heterocycles. The lowest BCUT2D eigenvalue weighted by Crippen LogP contribution is -2.13. The summed E-state index contributed by atoms with van der Waals surface area (Å²) in [4.78, 5) is 15.4. The largest absolute Gasteiger partial charge is 0.478 e.